The van der Waals surface area contributed by atoms with Crippen molar-refractivity contribution in [3.8, 4) is 0 Å². The zero-order valence-electron chi connectivity index (χ0n) is 10.3. The number of nitrogens with two attached hydrogens (primary N) is 2. The SMILES string of the molecule is CC(C)N(CC(N)=O)c1ccc(C(N)=S)cc1Br. The third-order valence-electron chi connectivity index (χ3n) is 2.49. The van der Waals surface area contributed by atoms with E-state index in [-0.39, 0.29) is 18.5 Å². The average molecular weight is 330 g/mol. The van der Waals surface area contributed by atoms with E-state index in [0.29, 0.717) is 4.99 Å². The van der Waals surface area contributed by atoms with Crippen LogP contribution >= 0.6 is 28.1 Å². The molecule has 4 N–H and O–H groups in total. The third kappa shape index (κ3) is 3.68. The summed E-state index contributed by atoms with van der Waals surface area (Å²) in [6.07, 6.45) is 0. The summed E-state index contributed by atoms with van der Waals surface area (Å²) < 4.78 is 0.836. The number of hydrogen-bond acceptors (Lipinski definition) is 3. The summed E-state index contributed by atoms with van der Waals surface area (Å²) in [5, 5.41) is 0. The molecule has 98 valence electrons. The van der Waals surface area contributed by atoms with Crippen LogP contribution in [0, 0.1) is 0 Å². The molecule has 0 saturated carbocycles. The Bertz CT molecular complexity index is 476. The van der Waals surface area contributed by atoms with Gasteiger partial charge in [0.15, 0.2) is 0 Å². The molecule has 6 heteroatoms. The van der Waals surface area contributed by atoms with Gasteiger partial charge in [-0.15, -0.1) is 0 Å². The molecule has 0 radical (unpaired) electrons. The average Bonchev–Trinajstić information content (AvgIpc) is 2.25. The second-order valence-corrected chi connectivity index (χ2v) is 5.51. The van der Waals surface area contributed by atoms with E-state index in [0.717, 1.165) is 15.7 Å². The Kier molecular flexibility index (Phi) is 5.10. The number of amides is 1. The lowest BCUT2D eigenvalue weighted by atomic mass is 10.1. The lowest BCUT2D eigenvalue weighted by molar-refractivity contribution is -0.116. The van der Waals surface area contributed by atoms with Crippen LogP contribution in [0.3, 0.4) is 0 Å². The van der Waals surface area contributed by atoms with E-state index in [2.05, 4.69) is 15.9 Å². The van der Waals surface area contributed by atoms with E-state index in [4.69, 9.17) is 23.7 Å². The number of benzene rings is 1. The number of nitrogens with zero attached hydrogens (tertiary/aromatic N) is 1. The fourth-order valence-electron chi connectivity index (χ4n) is 1.61. The normalized spacial score (nSPS) is 10.4. The second-order valence-electron chi connectivity index (χ2n) is 4.22. The van der Waals surface area contributed by atoms with E-state index in [9.17, 15) is 4.79 Å². The van der Waals surface area contributed by atoms with Crippen LogP contribution in [0.15, 0.2) is 22.7 Å². The van der Waals surface area contributed by atoms with Crippen LogP contribution in [0.1, 0.15) is 19.4 Å². The molecular weight excluding hydrogens is 314 g/mol. The molecule has 0 heterocycles. The highest BCUT2D eigenvalue weighted by Gasteiger charge is 2.16. The molecule has 0 saturated heterocycles. The first-order chi connectivity index (χ1) is 8.32. The van der Waals surface area contributed by atoms with E-state index < -0.39 is 0 Å². The molecule has 0 aliphatic carbocycles. The van der Waals surface area contributed by atoms with E-state index >= 15 is 0 Å². The minimum absolute atomic E-state index is 0.157. The van der Waals surface area contributed by atoms with Crippen molar-refractivity contribution in [1.29, 1.82) is 0 Å². The fourth-order valence-corrected chi connectivity index (χ4v) is 2.34. The summed E-state index contributed by atoms with van der Waals surface area (Å²) in [5.41, 5.74) is 12.5. The molecule has 18 heavy (non-hydrogen) atoms. The van der Waals surface area contributed by atoms with Gasteiger partial charge >= 0.3 is 0 Å². The molecular formula is C12H16BrN3OS. The minimum Gasteiger partial charge on any atom is -0.389 e. The molecule has 0 bridgehead atoms. The Hall–Kier alpha value is -1.14. The van der Waals surface area contributed by atoms with Crippen molar-refractivity contribution >= 4 is 44.7 Å². The topological polar surface area (TPSA) is 72.3 Å². The van der Waals surface area contributed by atoms with E-state index in [1.165, 1.54) is 0 Å². The Balaban J connectivity index is 3.13. The van der Waals surface area contributed by atoms with Crippen LogP contribution < -0.4 is 16.4 Å². The van der Waals surface area contributed by atoms with Gasteiger partial charge < -0.3 is 16.4 Å². The van der Waals surface area contributed by atoms with Crippen molar-refractivity contribution in [3.63, 3.8) is 0 Å². The number of halogens is 1. The maximum atomic E-state index is 11.1. The lowest BCUT2D eigenvalue weighted by Crippen LogP contribution is -2.38. The van der Waals surface area contributed by atoms with Crippen molar-refractivity contribution in [2.75, 3.05) is 11.4 Å². The van der Waals surface area contributed by atoms with Gasteiger partial charge in [0.2, 0.25) is 5.91 Å². The second kappa shape index (κ2) is 6.15. The third-order valence-corrected chi connectivity index (χ3v) is 3.36. The monoisotopic (exact) mass is 329 g/mol. The highest BCUT2D eigenvalue weighted by Crippen LogP contribution is 2.28. The molecule has 1 amide bonds. The first-order valence-electron chi connectivity index (χ1n) is 5.47. The van der Waals surface area contributed by atoms with Gasteiger partial charge in [-0.2, -0.15) is 0 Å². The molecule has 0 aliphatic rings. The number of primary amides is 1. The molecule has 1 aromatic rings. The van der Waals surface area contributed by atoms with Gasteiger partial charge in [0, 0.05) is 16.1 Å². The molecule has 1 rings (SSSR count). The standard InChI is InChI=1S/C12H16BrN3OS/c1-7(2)16(6-11(14)17)10-4-3-8(12(15)18)5-9(10)13/h3-5,7H,6H2,1-2H3,(H2,14,17)(H2,15,18). The Morgan fingerprint density at radius 2 is 2.06 bits per heavy atom. The van der Waals surface area contributed by atoms with Crippen LogP contribution in [0.2, 0.25) is 0 Å². The summed E-state index contributed by atoms with van der Waals surface area (Å²) in [5.74, 6) is -0.367. The van der Waals surface area contributed by atoms with Crippen LogP contribution in [0.4, 0.5) is 5.69 Å². The van der Waals surface area contributed by atoms with Crippen molar-refractivity contribution in [2.24, 2.45) is 11.5 Å². The fraction of sp³-hybridized carbons (Fsp3) is 0.333. The number of thiocarbonyl (C=S) groups is 1. The molecule has 4 nitrogen and oxygen atoms in total. The summed E-state index contributed by atoms with van der Waals surface area (Å²) in [6, 6.07) is 5.71. The molecule has 0 aliphatic heterocycles. The summed E-state index contributed by atoms with van der Waals surface area (Å²) in [7, 11) is 0. The van der Waals surface area contributed by atoms with Crippen LogP contribution in [0.25, 0.3) is 0 Å². The molecule has 0 unspecified atom stereocenters. The van der Waals surface area contributed by atoms with E-state index in [1.807, 2.05) is 36.9 Å². The minimum atomic E-state index is -0.367. The Morgan fingerprint density at radius 1 is 1.44 bits per heavy atom. The van der Waals surface area contributed by atoms with Crippen LogP contribution in [-0.4, -0.2) is 23.5 Å². The molecule has 1 aromatic carbocycles. The van der Waals surface area contributed by atoms with Gasteiger partial charge in [0.05, 0.1) is 12.2 Å². The predicted octanol–water partition coefficient (Wildman–Crippen LogP) is 1.78. The summed E-state index contributed by atoms with van der Waals surface area (Å²) in [4.78, 5) is 13.4. The van der Waals surface area contributed by atoms with Gasteiger partial charge in [-0.05, 0) is 48.0 Å². The maximum absolute atomic E-state index is 11.1. The molecule has 0 spiro atoms. The summed E-state index contributed by atoms with van der Waals surface area (Å²) in [6.45, 7) is 4.16. The van der Waals surface area contributed by atoms with Crippen molar-refractivity contribution < 1.29 is 4.79 Å². The molecule has 0 atom stereocenters. The largest absolute Gasteiger partial charge is 0.389 e. The number of anilines is 1. The predicted molar refractivity (Wildman–Crippen MR) is 81.7 cm³/mol. The Morgan fingerprint density at radius 3 is 2.44 bits per heavy atom. The highest BCUT2D eigenvalue weighted by atomic mass is 79.9. The van der Waals surface area contributed by atoms with Crippen LogP contribution in [-0.2, 0) is 4.79 Å². The van der Waals surface area contributed by atoms with Crippen molar-refractivity contribution in [3.05, 3.63) is 28.2 Å². The van der Waals surface area contributed by atoms with Crippen molar-refractivity contribution in [2.45, 2.75) is 19.9 Å². The van der Waals surface area contributed by atoms with Gasteiger partial charge in [0.25, 0.3) is 0 Å². The Labute approximate surface area is 120 Å². The number of rotatable bonds is 5. The van der Waals surface area contributed by atoms with Gasteiger partial charge in [-0.1, -0.05) is 12.2 Å². The number of hydrogen-bond donors (Lipinski definition) is 2. The van der Waals surface area contributed by atoms with E-state index in [1.54, 1.807) is 0 Å². The summed E-state index contributed by atoms with van der Waals surface area (Å²) >= 11 is 8.39. The lowest BCUT2D eigenvalue weighted by Gasteiger charge is -2.28. The van der Waals surface area contributed by atoms with Gasteiger partial charge in [0.1, 0.15) is 4.99 Å². The van der Waals surface area contributed by atoms with Gasteiger partial charge in [-0.3, -0.25) is 4.79 Å². The smallest absolute Gasteiger partial charge is 0.236 e. The first kappa shape index (κ1) is 14.9. The van der Waals surface area contributed by atoms with Crippen molar-refractivity contribution in [1.82, 2.24) is 0 Å². The highest BCUT2D eigenvalue weighted by molar-refractivity contribution is 9.10. The molecule has 0 aromatic heterocycles. The number of carbonyl (C=O) groups excluding carboxylic acids is 1. The quantitative estimate of drug-likeness (QED) is 0.808. The zero-order chi connectivity index (χ0) is 13.9. The van der Waals surface area contributed by atoms with Crippen LogP contribution in [0.5, 0.6) is 0 Å². The first-order valence-corrected chi connectivity index (χ1v) is 6.67. The zero-order valence-corrected chi connectivity index (χ0v) is 12.7. The number of carbonyl (C=O) groups is 1. The molecule has 0 fully saturated rings. The maximum Gasteiger partial charge on any atom is 0.236 e. The van der Waals surface area contributed by atoms with Gasteiger partial charge in [-0.25, -0.2) is 0 Å².